The Morgan fingerprint density at radius 1 is 1.88 bits per heavy atom. The van der Waals surface area contributed by atoms with E-state index in [0.29, 0.717) is 0 Å². The van der Waals surface area contributed by atoms with Crippen molar-refractivity contribution in [1.82, 2.24) is 0 Å². The minimum absolute atomic E-state index is 0. The van der Waals surface area contributed by atoms with E-state index in [9.17, 15) is 9.46 Å². The summed E-state index contributed by atoms with van der Waals surface area (Å²) in [7, 11) is -2.39. The molecule has 0 spiro atoms. The van der Waals surface area contributed by atoms with Crippen LogP contribution >= 0.6 is 7.60 Å². The SMILES string of the molecule is [CH2-]CP(=O)([O-])OC.[Y]. The van der Waals surface area contributed by atoms with Crippen LogP contribution in [0, 0.1) is 6.92 Å². The summed E-state index contributed by atoms with van der Waals surface area (Å²) in [5, 5.41) is 0. The fraction of sp³-hybridized carbons (Fsp3) is 0.667. The Bertz CT molecular complexity index is 86.5. The molecule has 5 heteroatoms. The van der Waals surface area contributed by atoms with Crippen LogP contribution < -0.4 is 4.89 Å². The zero-order chi connectivity index (χ0) is 5.91. The first-order valence-electron chi connectivity index (χ1n) is 1.77. The topological polar surface area (TPSA) is 49.4 Å². The fourth-order valence-corrected chi connectivity index (χ4v) is 0.274. The molecule has 0 fully saturated rings. The quantitative estimate of drug-likeness (QED) is 0.477. The Morgan fingerprint density at radius 3 is 2.25 bits per heavy atom. The molecule has 0 saturated heterocycles. The smallest absolute Gasteiger partial charge is 0.105 e. The average molecular weight is 211 g/mol. The average Bonchev–Trinajstić information content (AvgIpc) is 1.68. The normalized spacial score (nSPS) is 16.4. The van der Waals surface area contributed by atoms with Gasteiger partial charge in [0.1, 0.15) is 7.60 Å². The van der Waals surface area contributed by atoms with Gasteiger partial charge in [0.15, 0.2) is 0 Å². The minimum atomic E-state index is -3.52. The van der Waals surface area contributed by atoms with E-state index in [2.05, 4.69) is 11.4 Å². The van der Waals surface area contributed by atoms with Crippen molar-refractivity contribution >= 4 is 7.60 Å². The summed E-state index contributed by atoms with van der Waals surface area (Å²) in [6.07, 6.45) is -0.177. The maximum Gasteiger partial charge on any atom is 0.105 e. The van der Waals surface area contributed by atoms with E-state index in [0.717, 1.165) is 7.11 Å². The van der Waals surface area contributed by atoms with E-state index >= 15 is 0 Å². The molecule has 0 aliphatic rings. The Morgan fingerprint density at radius 2 is 2.25 bits per heavy atom. The molecule has 47 valence electrons. The molecule has 0 amide bonds. The van der Waals surface area contributed by atoms with E-state index in [1.807, 2.05) is 0 Å². The maximum atomic E-state index is 10.1. The summed E-state index contributed by atoms with van der Waals surface area (Å²) in [6, 6.07) is 0. The van der Waals surface area contributed by atoms with Crippen molar-refractivity contribution in [2.45, 2.75) is 0 Å². The third kappa shape index (κ3) is 5.39. The second-order valence-electron chi connectivity index (χ2n) is 1.02. The standard InChI is InChI=1S/C3H8O3P.Y/c1-3-7(4,5)6-2;/h1,3H2,2H3,(H,4,5);/q-1;/p-1. The summed E-state index contributed by atoms with van der Waals surface area (Å²) >= 11 is 0. The third-order valence-electron chi connectivity index (χ3n) is 0.552. The van der Waals surface area contributed by atoms with Crippen LogP contribution in [0.25, 0.3) is 0 Å². The number of hydrogen-bond donors (Lipinski definition) is 0. The van der Waals surface area contributed by atoms with Crippen LogP contribution in [0.2, 0.25) is 0 Å². The maximum absolute atomic E-state index is 10.1. The Balaban J connectivity index is 0. The van der Waals surface area contributed by atoms with Crippen LogP contribution in [0.1, 0.15) is 0 Å². The van der Waals surface area contributed by atoms with Crippen LogP contribution in [0.15, 0.2) is 0 Å². The van der Waals surface area contributed by atoms with Crippen LogP contribution in [0.4, 0.5) is 0 Å². The van der Waals surface area contributed by atoms with Crippen molar-refractivity contribution in [2.75, 3.05) is 13.3 Å². The molecular formula is C3H7O3PY-2. The molecule has 0 aliphatic carbocycles. The molecule has 1 unspecified atom stereocenters. The van der Waals surface area contributed by atoms with Gasteiger partial charge in [0.25, 0.3) is 0 Å². The van der Waals surface area contributed by atoms with Gasteiger partial charge < -0.3 is 20.9 Å². The van der Waals surface area contributed by atoms with Crippen LogP contribution in [0.5, 0.6) is 0 Å². The second kappa shape index (κ2) is 5.07. The minimum Gasteiger partial charge on any atom is -0.780 e. The summed E-state index contributed by atoms with van der Waals surface area (Å²) < 4.78 is 14.1. The van der Waals surface area contributed by atoms with Crippen LogP contribution in [-0.2, 0) is 41.8 Å². The molecule has 0 aromatic rings. The van der Waals surface area contributed by atoms with Gasteiger partial charge in [0.05, 0.1) is 0 Å². The van der Waals surface area contributed by atoms with Crippen LogP contribution in [-0.4, -0.2) is 13.3 Å². The summed E-state index contributed by atoms with van der Waals surface area (Å²) in [5.74, 6) is 0. The second-order valence-corrected chi connectivity index (χ2v) is 3.05. The Kier molecular flexibility index (Phi) is 7.60. The van der Waals surface area contributed by atoms with E-state index in [4.69, 9.17) is 0 Å². The van der Waals surface area contributed by atoms with E-state index in [-0.39, 0.29) is 38.9 Å². The molecule has 0 bridgehead atoms. The van der Waals surface area contributed by atoms with Gasteiger partial charge in [0, 0.05) is 39.8 Å². The van der Waals surface area contributed by atoms with Gasteiger partial charge in [-0.15, -0.1) is 6.16 Å². The van der Waals surface area contributed by atoms with Crippen LogP contribution in [0.3, 0.4) is 0 Å². The van der Waals surface area contributed by atoms with Gasteiger partial charge in [-0.05, 0) is 0 Å². The summed E-state index contributed by atoms with van der Waals surface area (Å²) in [5.41, 5.74) is 0. The molecule has 1 atom stereocenters. The molecule has 0 aromatic heterocycles. The molecule has 8 heavy (non-hydrogen) atoms. The first-order chi connectivity index (χ1) is 3.12. The van der Waals surface area contributed by atoms with E-state index in [1.165, 1.54) is 0 Å². The zero-order valence-electron chi connectivity index (χ0n) is 4.66. The first-order valence-corrected chi connectivity index (χ1v) is 3.50. The monoisotopic (exact) mass is 211 g/mol. The molecule has 0 aliphatic heterocycles. The number of rotatable bonds is 2. The van der Waals surface area contributed by atoms with Crippen molar-refractivity contribution in [3.8, 4) is 0 Å². The van der Waals surface area contributed by atoms with Gasteiger partial charge in [-0.25, -0.2) is 0 Å². The van der Waals surface area contributed by atoms with Crippen molar-refractivity contribution in [2.24, 2.45) is 0 Å². The van der Waals surface area contributed by atoms with Crippen molar-refractivity contribution in [3.63, 3.8) is 0 Å². The predicted octanol–water partition coefficient (Wildman–Crippen LogP) is 0.0178. The third-order valence-corrected chi connectivity index (χ3v) is 1.66. The van der Waals surface area contributed by atoms with Gasteiger partial charge in [-0.3, -0.25) is 0 Å². The predicted molar refractivity (Wildman–Crippen MR) is 24.8 cm³/mol. The molecule has 0 saturated carbocycles. The molecule has 3 nitrogen and oxygen atoms in total. The van der Waals surface area contributed by atoms with Gasteiger partial charge in [0.2, 0.25) is 0 Å². The van der Waals surface area contributed by atoms with Gasteiger partial charge in [-0.1, -0.05) is 0 Å². The first kappa shape index (κ1) is 12.0. The molecule has 0 rings (SSSR count). The summed E-state index contributed by atoms with van der Waals surface area (Å²) in [4.78, 5) is 10.1. The van der Waals surface area contributed by atoms with Gasteiger partial charge in [-0.2, -0.15) is 0 Å². The zero-order valence-corrected chi connectivity index (χ0v) is 8.40. The number of hydrogen-bond acceptors (Lipinski definition) is 3. The van der Waals surface area contributed by atoms with E-state index < -0.39 is 7.60 Å². The summed E-state index contributed by atoms with van der Waals surface area (Å²) in [6.45, 7) is 3.13. The fourth-order valence-electron chi connectivity index (χ4n) is 0.0913. The molecule has 1 radical (unpaired) electrons. The molecule has 0 N–H and O–H groups in total. The largest absolute Gasteiger partial charge is 0.780 e. The molecule has 0 aromatic carbocycles. The van der Waals surface area contributed by atoms with Crippen molar-refractivity contribution in [1.29, 1.82) is 0 Å². The van der Waals surface area contributed by atoms with Crippen molar-refractivity contribution < 1.29 is 46.7 Å². The Labute approximate surface area is 74.2 Å². The van der Waals surface area contributed by atoms with E-state index in [1.54, 1.807) is 0 Å². The molecular weight excluding hydrogens is 204 g/mol. The molecule has 0 heterocycles. The van der Waals surface area contributed by atoms with Gasteiger partial charge >= 0.3 is 0 Å². The van der Waals surface area contributed by atoms with Crippen molar-refractivity contribution in [3.05, 3.63) is 6.92 Å². The Hall–Kier alpha value is 1.25.